The monoisotopic (exact) mass is 277 g/mol. The van der Waals surface area contributed by atoms with E-state index in [1.54, 1.807) is 0 Å². The van der Waals surface area contributed by atoms with Crippen molar-refractivity contribution in [2.75, 3.05) is 0 Å². The summed E-state index contributed by atoms with van der Waals surface area (Å²) in [5.74, 6) is 2.96. The molecule has 1 heterocycles. The highest BCUT2D eigenvalue weighted by Gasteiger charge is 2.30. The maximum absolute atomic E-state index is 5.65. The molecule has 1 aliphatic rings. The van der Waals surface area contributed by atoms with Gasteiger partial charge in [0.2, 0.25) is 0 Å². The molecule has 0 aliphatic heterocycles. The molecule has 2 rings (SSSR count). The molecule has 20 heavy (non-hydrogen) atoms. The third-order valence-corrected chi connectivity index (χ3v) is 4.98. The topological polar surface area (TPSA) is 25.2 Å². The highest BCUT2D eigenvalue weighted by atomic mass is 16.3. The number of rotatable bonds is 3. The first-order valence-corrected chi connectivity index (χ1v) is 8.10. The Kier molecular flexibility index (Phi) is 4.63. The molecule has 0 saturated heterocycles. The Morgan fingerprint density at radius 1 is 1.15 bits per heavy atom. The standard InChI is InChI=1S/C18H31NO/c1-12-11-17(14(3)20-12)13(2)19-16-9-7-15(8-10-16)18(4,5)6/h11,13,15-16,19H,7-10H2,1-6H3. The molecule has 0 amide bonds. The average Bonchev–Trinajstić information content (AvgIpc) is 2.68. The van der Waals surface area contributed by atoms with Gasteiger partial charge in [-0.1, -0.05) is 20.8 Å². The van der Waals surface area contributed by atoms with Crippen LogP contribution in [0, 0.1) is 25.2 Å². The van der Waals surface area contributed by atoms with E-state index in [2.05, 4.69) is 46.0 Å². The largest absolute Gasteiger partial charge is 0.466 e. The first-order chi connectivity index (χ1) is 9.27. The summed E-state index contributed by atoms with van der Waals surface area (Å²) in [6.45, 7) is 13.5. The van der Waals surface area contributed by atoms with E-state index in [0.717, 1.165) is 17.4 Å². The molecule has 0 bridgehead atoms. The molecule has 0 spiro atoms. The van der Waals surface area contributed by atoms with Crippen LogP contribution < -0.4 is 5.32 Å². The fourth-order valence-corrected chi connectivity index (χ4v) is 3.65. The summed E-state index contributed by atoms with van der Waals surface area (Å²) in [7, 11) is 0. The van der Waals surface area contributed by atoms with Gasteiger partial charge in [0.05, 0.1) is 0 Å². The van der Waals surface area contributed by atoms with E-state index in [4.69, 9.17) is 4.42 Å². The second-order valence-corrected chi connectivity index (χ2v) is 7.67. The van der Waals surface area contributed by atoms with Crippen LogP contribution in [0.25, 0.3) is 0 Å². The zero-order chi connectivity index (χ0) is 14.9. The molecule has 2 nitrogen and oxygen atoms in total. The number of nitrogens with one attached hydrogen (secondary N) is 1. The van der Waals surface area contributed by atoms with Gasteiger partial charge in [-0.2, -0.15) is 0 Å². The highest BCUT2D eigenvalue weighted by Crippen LogP contribution is 2.38. The molecule has 1 aromatic rings. The number of aryl methyl sites for hydroxylation is 2. The maximum Gasteiger partial charge on any atom is 0.105 e. The lowest BCUT2D eigenvalue weighted by Crippen LogP contribution is -2.37. The van der Waals surface area contributed by atoms with Gasteiger partial charge in [0, 0.05) is 17.6 Å². The van der Waals surface area contributed by atoms with Crippen molar-refractivity contribution in [2.24, 2.45) is 11.3 Å². The minimum atomic E-state index is 0.392. The van der Waals surface area contributed by atoms with E-state index in [9.17, 15) is 0 Å². The van der Waals surface area contributed by atoms with Crippen LogP contribution in [0.5, 0.6) is 0 Å². The normalized spacial score (nSPS) is 25.7. The van der Waals surface area contributed by atoms with E-state index < -0.39 is 0 Å². The summed E-state index contributed by atoms with van der Waals surface area (Å²) in [5.41, 5.74) is 1.79. The lowest BCUT2D eigenvalue weighted by Gasteiger charge is -2.38. The average molecular weight is 277 g/mol. The molecular weight excluding hydrogens is 246 g/mol. The van der Waals surface area contributed by atoms with Crippen molar-refractivity contribution < 1.29 is 4.42 Å². The number of hydrogen-bond donors (Lipinski definition) is 1. The zero-order valence-electron chi connectivity index (χ0n) is 14.0. The molecule has 2 heteroatoms. The van der Waals surface area contributed by atoms with Crippen LogP contribution in [0.1, 0.15) is 76.5 Å². The van der Waals surface area contributed by atoms with E-state index in [1.165, 1.54) is 31.2 Å². The summed E-state index contributed by atoms with van der Waals surface area (Å²) in [5, 5.41) is 3.80. The van der Waals surface area contributed by atoms with Crippen LogP contribution in [-0.2, 0) is 0 Å². The second kappa shape index (κ2) is 5.93. The third kappa shape index (κ3) is 3.66. The van der Waals surface area contributed by atoms with Gasteiger partial charge in [-0.15, -0.1) is 0 Å². The van der Waals surface area contributed by atoms with Gasteiger partial charge in [-0.3, -0.25) is 0 Å². The van der Waals surface area contributed by atoms with Gasteiger partial charge >= 0.3 is 0 Å². The molecule has 1 fully saturated rings. The summed E-state index contributed by atoms with van der Waals surface area (Å²) in [6, 6.07) is 3.23. The number of furan rings is 1. The fraction of sp³-hybridized carbons (Fsp3) is 0.778. The highest BCUT2D eigenvalue weighted by molar-refractivity contribution is 5.23. The molecule has 1 unspecified atom stereocenters. The Balaban J connectivity index is 1.88. The van der Waals surface area contributed by atoms with Crippen molar-refractivity contribution in [3.63, 3.8) is 0 Å². The molecule has 1 aliphatic carbocycles. The molecule has 1 atom stereocenters. The van der Waals surface area contributed by atoms with Crippen LogP contribution in [0.15, 0.2) is 10.5 Å². The summed E-state index contributed by atoms with van der Waals surface area (Å²) >= 11 is 0. The van der Waals surface area contributed by atoms with Crippen molar-refractivity contribution in [3.8, 4) is 0 Å². The van der Waals surface area contributed by atoms with E-state index in [-0.39, 0.29) is 0 Å². The first kappa shape index (κ1) is 15.6. The summed E-state index contributed by atoms with van der Waals surface area (Å²) in [6.07, 6.45) is 5.33. The third-order valence-electron chi connectivity index (χ3n) is 4.98. The second-order valence-electron chi connectivity index (χ2n) is 7.67. The van der Waals surface area contributed by atoms with Gasteiger partial charge in [-0.05, 0) is 63.9 Å². The molecule has 1 saturated carbocycles. The Hall–Kier alpha value is -0.760. The molecule has 0 radical (unpaired) electrons. The minimum absolute atomic E-state index is 0.392. The minimum Gasteiger partial charge on any atom is -0.466 e. The van der Waals surface area contributed by atoms with Crippen LogP contribution in [0.3, 0.4) is 0 Å². The predicted molar refractivity (Wildman–Crippen MR) is 84.9 cm³/mol. The molecule has 1 N–H and O–H groups in total. The van der Waals surface area contributed by atoms with Crippen LogP contribution in [0.4, 0.5) is 0 Å². The lowest BCUT2D eigenvalue weighted by atomic mass is 9.71. The Bertz CT molecular complexity index is 433. The zero-order valence-corrected chi connectivity index (χ0v) is 14.0. The molecule has 0 aromatic carbocycles. The Morgan fingerprint density at radius 2 is 1.75 bits per heavy atom. The number of hydrogen-bond acceptors (Lipinski definition) is 2. The van der Waals surface area contributed by atoms with Gasteiger partial charge in [-0.25, -0.2) is 0 Å². The van der Waals surface area contributed by atoms with Crippen LogP contribution in [-0.4, -0.2) is 6.04 Å². The quantitative estimate of drug-likeness (QED) is 0.826. The van der Waals surface area contributed by atoms with Crippen LogP contribution in [0.2, 0.25) is 0 Å². The Labute approximate surface area is 124 Å². The smallest absolute Gasteiger partial charge is 0.105 e. The van der Waals surface area contributed by atoms with E-state index in [1.807, 2.05) is 6.92 Å². The van der Waals surface area contributed by atoms with Crippen molar-refractivity contribution >= 4 is 0 Å². The fourth-order valence-electron chi connectivity index (χ4n) is 3.65. The van der Waals surface area contributed by atoms with E-state index in [0.29, 0.717) is 17.5 Å². The summed E-state index contributed by atoms with van der Waals surface area (Å²) in [4.78, 5) is 0. The maximum atomic E-state index is 5.65. The van der Waals surface area contributed by atoms with Gasteiger partial charge in [0.25, 0.3) is 0 Å². The first-order valence-electron chi connectivity index (χ1n) is 8.10. The van der Waals surface area contributed by atoms with Crippen molar-refractivity contribution in [3.05, 3.63) is 23.2 Å². The van der Waals surface area contributed by atoms with Gasteiger partial charge in [0.15, 0.2) is 0 Å². The molecule has 1 aromatic heterocycles. The predicted octanol–water partition coefficient (Wildman–Crippen LogP) is 5.15. The van der Waals surface area contributed by atoms with Crippen molar-refractivity contribution in [2.45, 2.75) is 79.3 Å². The lowest BCUT2D eigenvalue weighted by molar-refractivity contribution is 0.157. The van der Waals surface area contributed by atoms with Gasteiger partial charge in [0.1, 0.15) is 11.5 Å². The van der Waals surface area contributed by atoms with Crippen molar-refractivity contribution in [1.29, 1.82) is 0 Å². The van der Waals surface area contributed by atoms with Crippen molar-refractivity contribution in [1.82, 2.24) is 5.32 Å². The Morgan fingerprint density at radius 3 is 2.20 bits per heavy atom. The molecular formula is C18H31NO. The van der Waals surface area contributed by atoms with Crippen LogP contribution >= 0.6 is 0 Å². The van der Waals surface area contributed by atoms with E-state index >= 15 is 0 Å². The SMILES string of the molecule is Cc1cc(C(C)NC2CCC(C(C)(C)C)CC2)c(C)o1. The van der Waals surface area contributed by atoms with Gasteiger partial charge < -0.3 is 9.73 Å². The summed E-state index contributed by atoms with van der Waals surface area (Å²) < 4.78 is 5.65. The molecule has 114 valence electrons.